The Labute approximate surface area is 157 Å². The second kappa shape index (κ2) is 7.66. The lowest BCUT2D eigenvalue weighted by Crippen LogP contribution is -2.36. The lowest BCUT2D eigenvalue weighted by molar-refractivity contribution is 0.634. The highest BCUT2D eigenvalue weighted by Crippen LogP contribution is 2.22. The molecule has 1 aromatic carbocycles. The monoisotopic (exact) mass is 406 g/mol. The van der Waals surface area contributed by atoms with Crippen molar-refractivity contribution in [2.75, 3.05) is 5.32 Å². The van der Waals surface area contributed by atoms with Crippen LogP contribution >= 0.6 is 28.1 Å². The highest BCUT2D eigenvalue weighted by atomic mass is 79.9. The molecule has 4 nitrogen and oxygen atoms in total. The number of benzene rings is 1. The molecule has 1 aliphatic rings. The molecular weight excluding hydrogens is 384 g/mol. The van der Waals surface area contributed by atoms with Crippen LogP contribution in [0.1, 0.15) is 42.6 Å². The van der Waals surface area contributed by atoms with Gasteiger partial charge in [-0.15, -0.1) is 0 Å². The first-order valence-corrected chi connectivity index (χ1v) is 9.59. The summed E-state index contributed by atoms with van der Waals surface area (Å²) in [6.45, 7) is 4.86. The molecule has 1 aromatic heterocycles. The Morgan fingerprint density at radius 2 is 1.92 bits per heavy atom. The Bertz CT molecular complexity index is 717. The van der Waals surface area contributed by atoms with Crippen molar-refractivity contribution in [2.45, 2.75) is 52.1 Å². The van der Waals surface area contributed by atoms with E-state index in [4.69, 9.17) is 12.2 Å². The summed E-state index contributed by atoms with van der Waals surface area (Å²) < 4.78 is 3.12. The summed E-state index contributed by atoms with van der Waals surface area (Å²) in [7, 11) is 0. The molecule has 0 aliphatic heterocycles. The third kappa shape index (κ3) is 4.16. The van der Waals surface area contributed by atoms with Crippen LogP contribution in [0.4, 0.5) is 5.69 Å². The number of hydrogen-bond acceptors (Lipinski definition) is 2. The van der Waals surface area contributed by atoms with Crippen LogP contribution in [0.3, 0.4) is 0 Å². The quantitative estimate of drug-likeness (QED) is 0.731. The Morgan fingerprint density at radius 3 is 2.58 bits per heavy atom. The van der Waals surface area contributed by atoms with Crippen molar-refractivity contribution in [1.29, 1.82) is 0 Å². The zero-order valence-corrected chi connectivity index (χ0v) is 16.5. The van der Waals surface area contributed by atoms with Crippen molar-refractivity contribution in [3.05, 3.63) is 45.7 Å². The molecule has 2 aromatic rings. The average molecular weight is 407 g/mol. The maximum atomic E-state index is 5.48. The van der Waals surface area contributed by atoms with Crippen LogP contribution < -0.4 is 10.6 Å². The third-order valence-electron chi connectivity index (χ3n) is 4.56. The number of thiocarbonyl (C=S) groups is 1. The number of hydrogen-bond donors (Lipinski definition) is 2. The summed E-state index contributed by atoms with van der Waals surface area (Å²) >= 11 is 8.95. The van der Waals surface area contributed by atoms with E-state index in [2.05, 4.69) is 62.9 Å². The molecule has 1 aliphatic carbocycles. The molecule has 0 radical (unpaired) electrons. The van der Waals surface area contributed by atoms with Crippen LogP contribution in [-0.2, 0) is 6.54 Å². The Kier molecular flexibility index (Phi) is 5.56. The smallest absolute Gasteiger partial charge is 0.171 e. The fraction of sp³-hybridized carbons (Fsp3) is 0.444. The van der Waals surface area contributed by atoms with Gasteiger partial charge in [-0.3, -0.25) is 4.68 Å². The van der Waals surface area contributed by atoms with Crippen molar-refractivity contribution < 1.29 is 0 Å². The summed E-state index contributed by atoms with van der Waals surface area (Å²) in [5.74, 6) is 0. The standard InChI is InChI=1S/C18H23BrN4S/c1-12-17(21-18(24)20-16-5-3-4-6-16)13(2)23(22-12)11-14-7-9-15(19)10-8-14/h7-10,16H,3-6,11H2,1-2H3,(H2,20,21,24). The molecule has 1 heterocycles. The summed E-state index contributed by atoms with van der Waals surface area (Å²) in [4.78, 5) is 0. The minimum absolute atomic E-state index is 0.517. The van der Waals surface area contributed by atoms with E-state index >= 15 is 0 Å². The van der Waals surface area contributed by atoms with Crippen molar-refractivity contribution in [3.63, 3.8) is 0 Å². The van der Waals surface area contributed by atoms with E-state index < -0.39 is 0 Å². The minimum Gasteiger partial charge on any atom is -0.360 e. The van der Waals surface area contributed by atoms with Crippen LogP contribution in [0, 0.1) is 13.8 Å². The lowest BCUT2D eigenvalue weighted by Gasteiger charge is -2.16. The third-order valence-corrected chi connectivity index (χ3v) is 5.30. The Balaban J connectivity index is 1.69. The first-order valence-electron chi connectivity index (χ1n) is 8.39. The Morgan fingerprint density at radius 1 is 1.25 bits per heavy atom. The van der Waals surface area contributed by atoms with E-state index in [1.54, 1.807) is 0 Å². The largest absolute Gasteiger partial charge is 0.360 e. The van der Waals surface area contributed by atoms with Crippen LogP contribution in [0.5, 0.6) is 0 Å². The predicted molar refractivity (Wildman–Crippen MR) is 107 cm³/mol. The molecule has 3 rings (SSSR count). The van der Waals surface area contributed by atoms with Gasteiger partial charge < -0.3 is 10.6 Å². The van der Waals surface area contributed by atoms with Gasteiger partial charge in [-0.05, 0) is 56.6 Å². The van der Waals surface area contributed by atoms with E-state index in [0.717, 1.165) is 28.1 Å². The molecule has 6 heteroatoms. The van der Waals surface area contributed by atoms with Gasteiger partial charge in [-0.2, -0.15) is 5.10 Å². The molecule has 0 spiro atoms. The summed E-state index contributed by atoms with van der Waals surface area (Å²) in [6.07, 6.45) is 5.01. The molecule has 0 bridgehead atoms. The molecule has 24 heavy (non-hydrogen) atoms. The molecule has 0 saturated heterocycles. The molecule has 2 N–H and O–H groups in total. The van der Waals surface area contributed by atoms with Crippen LogP contribution in [0.25, 0.3) is 0 Å². The van der Waals surface area contributed by atoms with Crippen LogP contribution in [-0.4, -0.2) is 20.9 Å². The molecule has 0 unspecified atom stereocenters. The molecule has 1 fully saturated rings. The fourth-order valence-electron chi connectivity index (χ4n) is 3.20. The summed E-state index contributed by atoms with van der Waals surface area (Å²) in [6, 6.07) is 8.85. The van der Waals surface area contributed by atoms with Gasteiger partial charge in [0.1, 0.15) is 0 Å². The van der Waals surface area contributed by atoms with Gasteiger partial charge in [0.15, 0.2) is 5.11 Å². The molecule has 0 amide bonds. The van der Waals surface area contributed by atoms with Gasteiger partial charge >= 0.3 is 0 Å². The number of aromatic nitrogens is 2. The van der Waals surface area contributed by atoms with Crippen molar-refractivity contribution in [3.8, 4) is 0 Å². The highest BCUT2D eigenvalue weighted by molar-refractivity contribution is 9.10. The average Bonchev–Trinajstić information content (AvgIpc) is 3.14. The number of halogens is 1. The van der Waals surface area contributed by atoms with E-state index in [1.165, 1.54) is 31.2 Å². The number of nitrogens with one attached hydrogen (secondary N) is 2. The van der Waals surface area contributed by atoms with Crippen LogP contribution in [0.15, 0.2) is 28.7 Å². The second-order valence-corrected chi connectivity index (χ2v) is 7.73. The molecule has 128 valence electrons. The van der Waals surface area contributed by atoms with E-state index in [1.807, 2.05) is 11.6 Å². The topological polar surface area (TPSA) is 41.9 Å². The summed E-state index contributed by atoms with van der Waals surface area (Å²) in [5.41, 5.74) is 4.32. The van der Waals surface area contributed by atoms with Gasteiger partial charge in [0.05, 0.1) is 23.6 Å². The molecule has 1 saturated carbocycles. The summed E-state index contributed by atoms with van der Waals surface area (Å²) in [5, 5.41) is 12.1. The minimum atomic E-state index is 0.517. The van der Waals surface area contributed by atoms with Gasteiger partial charge in [0, 0.05) is 10.5 Å². The second-order valence-electron chi connectivity index (χ2n) is 6.41. The Hall–Kier alpha value is -1.40. The van der Waals surface area contributed by atoms with E-state index in [0.29, 0.717) is 11.2 Å². The fourth-order valence-corrected chi connectivity index (χ4v) is 3.73. The number of nitrogens with zero attached hydrogens (tertiary/aromatic N) is 2. The van der Waals surface area contributed by atoms with Crippen LogP contribution in [0.2, 0.25) is 0 Å². The zero-order valence-electron chi connectivity index (χ0n) is 14.1. The maximum Gasteiger partial charge on any atom is 0.171 e. The normalized spacial score (nSPS) is 14.8. The SMILES string of the molecule is Cc1nn(Cc2ccc(Br)cc2)c(C)c1NC(=S)NC1CCCC1. The van der Waals surface area contributed by atoms with E-state index in [9.17, 15) is 0 Å². The number of anilines is 1. The zero-order chi connectivity index (χ0) is 17.1. The highest BCUT2D eigenvalue weighted by Gasteiger charge is 2.17. The number of rotatable bonds is 4. The number of aryl methyl sites for hydroxylation is 1. The first kappa shape index (κ1) is 17.4. The molecule has 0 atom stereocenters. The first-order chi connectivity index (χ1) is 11.5. The van der Waals surface area contributed by atoms with Crippen molar-refractivity contribution >= 4 is 38.9 Å². The van der Waals surface area contributed by atoms with Gasteiger partial charge in [0.25, 0.3) is 0 Å². The van der Waals surface area contributed by atoms with Gasteiger partial charge in [-0.25, -0.2) is 0 Å². The lowest BCUT2D eigenvalue weighted by atomic mass is 10.2. The molecular formula is C18H23BrN4S. The van der Waals surface area contributed by atoms with Gasteiger partial charge in [0.2, 0.25) is 0 Å². The van der Waals surface area contributed by atoms with Crippen molar-refractivity contribution in [2.24, 2.45) is 0 Å². The predicted octanol–water partition coefficient (Wildman–Crippen LogP) is 4.54. The van der Waals surface area contributed by atoms with Crippen molar-refractivity contribution in [1.82, 2.24) is 15.1 Å². The maximum absolute atomic E-state index is 5.48. The van der Waals surface area contributed by atoms with E-state index in [-0.39, 0.29) is 0 Å². The van der Waals surface area contributed by atoms with Gasteiger partial charge in [-0.1, -0.05) is 40.9 Å².